The lowest BCUT2D eigenvalue weighted by atomic mass is 10.2. The number of fused-ring (bicyclic) bond motifs is 1. The van der Waals surface area contributed by atoms with E-state index in [0.717, 1.165) is 16.5 Å². The molecule has 6 heteroatoms. The number of amides is 1. The lowest BCUT2D eigenvalue weighted by Crippen LogP contribution is -2.16. The van der Waals surface area contributed by atoms with Gasteiger partial charge in [0.15, 0.2) is 5.76 Å². The molecule has 0 saturated carbocycles. The first-order chi connectivity index (χ1) is 10.2. The van der Waals surface area contributed by atoms with E-state index in [1.54, 1.807) is 12.1 Å². The van der Waals surface area contributed by atoms with E-state index in [0.29, 0.717) is 4.64 Å². The molecule has 21 heavy (non-hydrogen) atoms. The molecular weight excluding hydrogens is 286 g/mol. The van der Waals surface area contributed by atoms with Crippen LogP contribution in [0.15, 0.2) is 58.2 Å². The van der Waals surface area contributed by atoms with Crippen LogP contribution in [0.2, 0.25) is 0 Å². The summed E-state index contributed by atoms with van der Waals surface area (Å²) < 4.78 is 5.53. The van der Waals surface area contributed by atoms with Crippen LogP contribution in [-0.4, -0.2) is 17.1 Å². The van der Waals surface area contributed by atoms with Gasteiger partial charge in [-0.05, 0) is 29.7 Å². The summed E-state index contributed by atoms with van der Waals surface area (Å²) in [5.74, 6) is -0.206. The molecular formula is C15H11N3O2S. The summed E-state index contributed by atoms with van der Waals surface area (Å²) in [4.78, 5) is 14.8. The fraction of sp³-hybridized carbons (Fsp3) is 0. The molecule has 0 unspecified atom stereocenters. The Labute approximate surface area is 125 Å². The van der Waals surface area contributed by atoms with E-state index >= 15 is 0 Å². The number of hydrogen-bond acceptors (Lipinski definition) is 4. The number of aromatic amines is 1. The largest absolute Gasteiger partial charge is 0.459 e. The van der Waals surface area contributed by atoms with Crippen LogP contribution < -0.4 is 5.43 Å². The summed E-state index contributed by atoms with van der Waals surface area (Å²) in [5, 5.41) is 4.91. The third-order valence-electron chi connectivity index (χ3n) is 2.90. The SMILES string of the molecule is O=C(N/N=C\c1cc2ccccc2[nH]c1=S)c1ccco1. The number of H-pyrrole nitrogens is 1. The van der Waals surface area contributed by atoms with Crippen LogP contribution in [-0.2, 0) is 0 Å². The van der Waals surface area contributed by atoms with Crippen molar-refractivity contribution in [3.8, 4) is 0 Å². The highest BCUT2D eigenvalue weighted by Gasteiger charge is 2.06. The van der Waals surface area contributed by atoms with E-state index in [1.165, 1.54) is 12.5 Å². The van der Waals surface area contributed by atoms with Crippen molar-refractivity contribution < 1.29 is 9.21 Å². The lowest BCUT2D eigenvalue weighted by Gasteiger charge is -2.00. The third kappa shape index (κ3) is 2.90. The van der Waals surface area contributed by atoms with Gasteiger partial charge in [0, 0.05) is 11.1 Å². The zero-order valence-corrected chi connectivity index (χ0v) is 11.7. The molecule has 0 radical (unpaired) electrons. The van der Waals surface area contributed by atoms with Crippen molar-refractivity contribution in [3.63, 3.8) is 0 Å². The van der Waals surface area contributed by atoms with Crippen molar-refractivity contribution in [2.75, 3.05) is 0 Å². The minimum Gasteiger partial charge on any atom is -0.459 e. The summed E-state index contributed by atoms with van der Waals surface area (Å²) in [6, 6.07) is 12.9. The smallest absolute Gasteiger partial charge is 0.307 e. The highest BCUT2D eigenvalue weighted by Crippen LogP contribution is 2.13. The van der Waals surface area contributed by atoms with E-state index in [9.17, 15) is 4.79 Å². The first-order valence-corrected chi connectivity index (χ1v) is 6.64. The first kappa shape index (κ1) is 13.3. The predicted molar refractivity (Wildman–Crippen MR) is 82.9 cm³/mol. The molecule has 104 valence electrons. The fourth-order valence-corrected chi connectivity index (χ4v) is 2.11. The second-order valence-electron chi connectivity index (χ2n) is 4.32. The van der Waals surface area contributed by atoms with Crippen molar-refractivity contribution >= 4 is 35.2 Å². The van der Waals surface area contributed by atoms with E-state index in [1.807, 2.05) is 30.3 Å². The normalized spacial score (nSPS) is 11.0. The maximum absolute atomic E-state index is 11.6. The minimum atomic E-state index is -0.410. The number of aromatic nitrogens is 1. The summed E-state index contributed by atoms with van der Waals surface area (Å²) in [5.41, 5.74) is 4.07. The Balaban J connectivity index is 1.81. The number of hydrogen-bond donors (Lipinski definition) is 2. The molecule has 0 spiro atoms. The van der Waals surface area contributed by atoms with Crippen LogP contribution in [0.5, 0.6) is 0 Å². The van der Waals surface area contributed by atoms with E-state index in [4.69, 9.17) is 16.6 Å². The second-order valence-corrected chi connectivity index (χ2v) is 4.73. The number of furan rings is 1. The monoisotopic (exact) mass is 297 g/mol. The van der Waals surface area contributed by atoms with Gasteiger partial charge in [0.25, 0.3) is 0 Å². The number of nitrogens with one attached hydrogen (secondary N) is 2. The van der Waals surface area contributed by atoms with Gasteiger partial charge < -0.3 is 9.40 Å². The van der Waals surface area contributed by atoms with Gasteiger partial charge >= 0.3 is 5.91 Å². The number of carbonyl (C=O) groups excluding carboxylic acids is 1. The average Bonchev–Trinajstić information content (AvgIpc) is 3.02. The number of para-hydroxylation sites is 1. The van der Waals surface area contributed by atoms with E-state index in [2.05, 4.69) is 15.5 Å². The molecule has 2 N–H and O–H groups in total. The molecule has 0 aliphatic carbocycles. The lowest BCUT2D eigenvalue weighted by molar-refractivity contribution is 0.0927. The molecule has 3 aromatic rings. The van der Waals surface area contributed by atoms with Crippen molar-refractivity contribution in [1.82, 2.24) is 10.4 Å². The summed E-state index contributed by atoms with van der Waals surface area (Å²) >= 11 is 5.26. The van der Waals surface area contributed by atoms with Crippen LogP contribution >= 0.6 is 12.2 Å². The maximum Gasteiger partial charge on any atom is 0.307 e. The standard InChI is InChI=1S/C15H11N3O2S/c19-14(13-6-3-7-20-13)18-16-9-11-8-10-4-1-2-5-12(10)17-15(11)21/h1-9H,(H,17,21)(H,18,19)/b16-9-. The highest BCUT2D eigenvalue weighted by molar-refractivity contribution is 7.71. The Bertz CT molecular complexity index is 866. The van der Waals surface area contributed by atoms with Crippen molar-refractivity contribution in [1.29, 1.82) is 0 Å². The quantitative estimate of drug-likeness (QED) is 0.443. The highest BCUT2D eigenvalue weighted by atomic mass is 32.1. The van der Waals surface area contributed by atoms with Crippen LogP contribution in [0.25, 0.3) is 10.9 Å². The second kappa shape index (κ2) is 5.72. The van der Waals surface area contributed by atoms with Gasteiger partial charge in [-0.1, -0.05) is 30.4 Å². The molecule has 0 bridgehead atoms. The Morgan fingerprint density at radius 2 is 2.14 bits per heavy atom. The van der Waals surface area contributed by atoms with E-state index in [-0.39, 0.29) is 5.76 Å². The van der Waals surface area contributed by atoms with Gasteiger partial charge in [-0.3, -0.25) is 4.79 Å². The van der Waals surface area contributed by atoms with Crippen molar-refractivity contribution in [3.05, 3.63) is 64.7 Å². The van der Waals surface area contributed by atoms with Crippen LogP contribution in [0, 0.1) is 4.64 Å². The molecule has 2 aromatic heterocycles. The van der Waals surface area contributed by atoms with Crippen LogP contribution in [0.1, 0.15) is 16.1 Å². The van der Waals surface area contributed by atoms with Crippen molar-refractivity contribution in [2.45, 2.75) is 0 Å². The fourth-order valence-electron chi connectivity index (χ4n) is 1.88. The van der Waals surface area contributed by atoms with Gasteiger partial charge in [-0.25, -0.2) is 5.43 Å². The van der Waals surface area contributed by atoms with Gasteiger partial charge in [0.2, 0.25) is 0 Å². The molecule has 0 aliphatic heterocycles. The number of pyridine rings is 1. The van der Waals surface area contributed by atoms with Crippen LogP contribution in [0.4, 0.5) is 0 Å². The first-order valence-electron chi connectivity index (χ1n) is 6.23. The molecule has 0 atom stereocenters. The number of hydrazone groups is 1. The predicted octanol–water partition coefficient (Wildman–Crippen LogP) is 3.25. The Kier molecular flexibility index (Phi) is 3.61. The maximum atomic E-state index is 11.6. The molecule has 1 amide bonds. The van der Waals surface area contributed by atoms with E-state index < -0.39 is 5.91 Å². The minimum absolute atomic E-state index is 0.204. The zero-order valence-electron chi connectivity index (χ0n) is 10.9. The molecule has 1 aromatic carbocycles. The zero-order chi connectivity index (χ0) is 14.7. The average molecular weight is 297 g/mol. The Morgan fingerprint density at radius 3 is 2.95 bits per heavy atom. The molecule has 2 heterocycles. The summed E-state index contributed by atoms with van der Waals surface area (Å²) in [6.07, 6.45) is 2.93. The van der Waals surface area contributed by atoms with Gasteiger partial charge in [-0.15, -0.1) is 0 Å². The van der Waals surface area contributed by atoms with Gasteiger partial charge in [0.05, 0.1) is 12.5 Å². The number of carbonyl (C=O) groups is 1. The van der Waals surface area contributed by atoms with Crippen molar-refractivity contribution in [2.24, 2.45) is 5.10 Å². The number of rotatable bonds is 3. The molecule has 0 fully saturated rings. The molecule has 0 aliphatic rings. The Morgan fingerprint density at radius 1 is 1.29 bits per heavy atom. The van der Waals surface area contributed by atoms with Crippen LogP contribution in [0.3, 0.4) is 0 Å². The summed E-state index contributed by atoms with van der Waals surface area (Å²) in [6.45, 7) is 0. The molecule has 0 saturated heterocycles. The number of benzene rings is 1. The molecule has 3 rings (SSSR count). The number of nitrogens with zero attached hydrogens (tertiary/aromatic N) is 1. The van der Waals surface area contributed by atoms with Gasteiger partial charge in [-0.2, -0.15) is 5.10 Å². The third-order valence-corrected chi connectivity index (χ3v) is 3.23. The summed E-state index contributed by atoms with van der Waals surface area (Å²) in [7, 11) is 0. The molecule has 5 nitrogen and oxygen atoms in total. The Hall–Kier alpha value is -2.73. The van der Waals surface area contributed by atoms with Gasteiger partial charge in [0.1, 0.15) is 4.64 Å². The topological polar surface area (TPSA) is 70.4 Å².